The third kappa shape index (κ3) is 4.39. The molecule has 1 aliphatic heterocycles. The van der Waals surface area contributed by atoms with Gasteiger partial charge in [-0.15, -0.1) is 0 Å². The number of hydrogen-bond donors (Lipinski definition) is 0. The fourth-order valence-corrected chi connectivity index (χ4v) is 3.01. The largest absolute Gasteiger partial charge is 0.444 e. The summed E-state index contributed by atoms with van der Waals surface area (Å²) in [6.07, 6.45) is 1.68. The van der Waals surface area contributed by atoms with E-state index in [1.165, 1.54) is 18.7 Å². The molecule has 1 saturated heterocycles. The normalized spacial score (nSPS) is 17.0. The molecule has 1 aliphatic rings. The molecule has 0 saturated carbocycles. The van der Waals surface area contributed by atoms with Crippen LogP contribution < -0.4 is 0 Å². The van der Waals surface area contributed by atoms with Crippen molar-refractivity contribution < 1.29 is 8.81 Å². The summed E-state index contributed by atoms with van der Waals surface area (Å²) >= 11 is 0. The van der Waals surface area contributed by atoms with E-state index in [4.69, 9.17) is 4.42 Å². The number of nitrogens with zero attached hydrogens (tertiary/aromatic N) is 3. The maximum Gasteiger partial charge on any atom is 0.226 e. The van der Waals surface area contributed by atoms with E-state index in [1.807, 2.05) is 6.07 Å². The summed E-state index contributed by atoms with van der Waals surface area (Å²) in [5.41, 5.74) is 1.58. The van der Waals surface area contributed by atoms with Crippen molar-refractivity contribution in [1.29, 1.82) is 0 Å². The first-order chi connectivity index (χ1) is 11.1. The average Bonchev–Trinajstić information content (AvgIpc) is 2.97. The number of aromatic nitrogens is 1. The van der Waals surface area contributed by atoms with Gasteiger partial charge in [0.2, 0.25) is 5.89 Å². The molecule has 1 aromatic carbocycles. The van der Waals surface area contributed by atoms with Crippen LogP contribution in [0.4, 0.5) is 4.39 Å². The molecule has 4 nitrogen and oxygen atoms in total. The molecule has 0 amide bonds. The lowest BCUT2D eigenvalue weighted by Crippen LogP contribution is -2.46. The second-order valence-electron chi connectivity index (χ2n) is 6.62. The second kappa shape index (κ2) is 7.23. The van der Waals surface area contributed by atoms with E-state index < -0.39 is 0 Å². The molecular formula is C18H24FN3O. The Balaban J connectivity index is 1.56. The quantitative estimate of drug-likeness (QED) is 0.847. The van der Waals surface area contributed by atoms with Gasteiger partial charge in [0, 0.05) is 44.8 Å². The average molecular weight is 317 g/mol. The van der Waals surface area contributed by atoms with Gasteiger partial charge in [-0.25, -0.2) is 9.37 Å². The minimum absolute atomic E-state index is 0.275. The molecule has 1 fully saturated rings. The minimum atomic E-state index is -0.275. The molecule has 2 heterocycles. The number of halogens is 1. The van der Waals surface area contributed by atoms with Crippen LogP contribution in [0.5, 0.6) is 0 Å². The van der Waals surface area contributed by atoms with Crippen molar-refractivity contribution in [1.82, 2.24) is 14.8 Å². The van der Waals surface area contributed by atoms with Gasteiger partial charge >= 0.3 is 0 Å². The number of rotatable bonds is 5. The van der Waals surface area contributed by atoms with Crippen LogP contribution in [-0.2, 0) is 6.54 Å². The molecule has 5 heteroatoms. The highest BCUT2D eigenvalue weighted by Crippen LogP contribution is 2.20. The molecule has 1 aromatic heterocycles. The standard InChI is InChI=1S/C18H24FN3O/c1-14(2)11-21-6-8-22(9-7-21)12-17-13-23-18(20-17)15-4-3-5-16(19)10-15/h3-5,10,13-14H,6-9,11-12H2,1-2H3. The summed E-state index contributed by atoms with van der Waals surface area (Å²) in [6, 6.07) is 6.34. The molecule has 0 N–H and O–H groups in total. The van der Waals surface area contributed by atoms with E-state index in [9.17, 15) is 4.39 Å². The van der Waals surface area contributed by atoms with E-state index in [1.54, 1.807) is 12.3 Å². The van der Waals surface area contributed by atoms with E-state index in [-0.39, 0.29) is 5.82 Å². The summed E-state index contributed by atoms with van der Waals surface area (Å²) in [5, 5.41) is 0. The third-order valence-electron chi connectivity index (χ3n) is 4.10. The minimum Gasteiger partial charge on any atom is -0.444 e. The Morgan fingerprint density at radius 3 is 2.61 bits per heavy atom. The van der Waals surface area contributed by atoms with Crippen LogP contribution in [0.15, 0.2) is 34.9 Å². The molecule has 0 unspecified atom stereocenters. The van der Waals surface area contributed by atoms with Crippen molar-refractivity contribution in [3.05, 3.63) is 42.0 Å². The van der Waals surface area contributed by atoms with Crippen molar-refractivity contribution in [2.45, 2.75) is 20.4 Å². The highest BCUT2D eigenvalue weighted by atomic mass is 19.1. The summed E-state index contributed by atoms with van der Waals surface area (Å²) < 4.78 is 18.8. The molecule has 0 spiro atoms. The van der Waals surface area contributed by atoms with Crippen LogP contribution in [0.25, 0.3) is 11.5 Å². The van der Waals surface area contributed by atoms with E-state index >= 15 is 0 Å². The van der Waals surface area contributed by atoms with Gasteiger partial charge in [0.05, 0.1) is 5.69 Å². The molecule has 0 bridgehead atoms. The van der Waals surface area contributed by atoms with Gasteiger partial charge in [0.1, 0.15) is 12.1 Å². The van der Waals surface area contributed by atoms with Crippen LogP contribution in [0.1, 0.15) is 19.5 Å². The fourth-order valence-electron chi connectivity index (χ4n) is 3.01. The molecule has 3 rings (SSSR count). The van der Waals surface area contributed by atoms with Crippen LogP contribution in [0.3, 0.4) is 0 Å². The Morgan fingerprint density at radius 2 is 1.91 bits per heavy atom. The first-order valence-corrected chi connectivity index (χ1v) is 8.25. The highest BCUT2D eigenvalue weighted by molar-refractivity contribution is 5.52. The van der Waals surface area contributed by atoms with Crippen LogP contribution in [0, 0.1) is 11.7 Å². The smallest absolute Gasteiger partial charge is 0.226 e. The molecule has 0 aliphatic carbocycles. The second-order valence-corrected chi connectivity index (χ2v) is 6.62. The van der Waals surface area contributed by atoms with Gasteiger partial charge in [0.15, 0.2) is 0 Å². The zero-order valence-corrected chi connectivity index (χ0v) is 13.8. The monoisotopic (exact) mass is 317 g/mol. The molecule has 124 valence electrons. The van der Waals surface area contributed by atoms with E-state index in [2.05, 4.69) is 28.6 Å². The topological polar surface area (TPSA) is 32.5 Å². The maximum atomic E-state index is 13.3. The van der Waals surface area contributed by atoms with E-state index in [0.29, 0.717) is 17.4 Å². The van der Waals surface area contributed by atoms with Crippen molar-refractivity contribution in [3.63, 3.8) is 0 Å². The molecule has 2 aromatic rings. The number of oxazole rings is 1. The molecular weight excluding hydrogens is 293 g/mol. The molecule has 23 heavy (non-hydrogen) atoms. The Kier molecular flexibility index (Phi) is 5.08. The number of piperazine rings is 1. The maximum absolute atomic E-state index is 13.3. The predicted molar refractivity (Wildman–Crippen MR) is 88.5 cm³/mol. The van der Waals surface area contributed by atoms with Gasteiger partial charge in [-0.1, -0.05) is 19.9 Å². The van der Waals surface area contributed by atoms with Gasteiger partial charge in [-0.3, -0.25) is 4.90 Å². The Labute approximate surface area is 136 Å². The number of hydrogen-bond acceptors (Lipinski definition) is 4. The lowest BCUT2D eigenvalue weighted by molar-refractivity contribution is 0.116. The zero-order valence-electron chi connectivity index (χ0n) is 13.8. The Hall–Kier alpha value is -1.72. The van der Waals surface area contributed by atoms with Crippen LogP contribution >= 0.6 is 0 Å². The summed E-state index contributed by atoms with van der Waals surface area (Å²) in [4.78, 5) is 9.40. The first-order valence-electron chi connectivity index (χ1n) is 8.25. The highest BCUT2D eigenvalue weighted by Gasteiger charge is 2.18. The molecule has 0 atom stereocenters. The van der Waals surface area contributed by atoms with Crippen LogP contribution in [-0.4, -0.2) is 47.5 Å². The van der Waals surface area contributed by atoms with Gasteiger partial charge in [0.25, 0.3) is 0 Å². The van der Waals surface area contributed by atoms with Crippen molar-refractivity contribution in [3.8, 4) is 11.5 Å². The third-order valence-corrected chi connectivity index (χ3v) is 4.10. The van der Waals surface area contributed by atoms with Crippen molar-refractivity contribution in [2.75, 3.05) is 32.7 Å². The fraction of sp³-hybridized carbons (Fsp3) is 0.500. The summed E-state index contributed by atoms with van der Waals surface area (Å²) in [6.45, 7) is 10.8. The molecule has 0 radical (unpaired) electrons. The van der Waals surface area contributed by atoms with E-state index in [0.717, 1.165) is 38.4 Å². The Bertz CT molecular complexity index is 633. The number of benzene rings is 1. The zero-order chi connectivity index (χ0) is 16.2. The van der Waals surface area contributed by atoms with Gasteiger partial charge in [-0.05, 0) is 24.1 Å². The lowest BCUT2D eigenvalue weighted by atomic mass is 10.2. The predicted octanol–water partition coefficient (Wildman–Crippen LogP) is 3.25. The summed E-state index contributed by atoms with van der Waals surface area (Å²) in [5.74, 6) is 0.924. The van der Waals surface area contributed by atoms with Crippen LogP contribution in [0.2, 0.25) is 0 Å². The Morgan fingerprint density at radius 1 is 1.17 bits per heavy atom. The first kappa shape index (κ1) is 16.1. The lowest BCUT2D eigenvalue weighted by Gasteiger charge is -2.35. The van der Waals surface area contributed by atoms with Gasteiger partial charge in [-0.2, -0.15) is 0 Å². The van der Waals surface area contributed by atoms with Crippen molar-refractivity contribution in [2.24, 2.45) is 5.92 Å². The SMILES string of the molecule is CC(C)CN1CCN(Cc2coc(-c3cccc(F)c3)n2)CC1. The summed E-state index contributed by atoms with van der Waals surface area (Å²) in [7, 11) is 0. The van der Waals surface area contributed by atoms with Crippen molar-refractivity contribution >= 4 is 0 Å². The van der Waals surface area contributed by atoms with Gasteiger partial charge < -0.3 is 9.32 Å².